The van der Waals surface area contributed by atoms with E-state index in [1.54, 1.807) is 0 Å². The monoisotopic (exact) mass is 431 g/mol. The van der Waals surface area contributed by atoms with Gasteiger partial charge in [-0.2, -0.15) is 26.3 Å². The molecule has 0 spiro atoms. The third kappa shape index (κ3) is 4.47. The number of esters is 1. The van der Waals surface area contributed by atoms with Gasteiger partial charge in [0.25, 0.3) is 0 Å². The number of ether oxygens (including phenoxy) is 2. The number of halogens is 3. The van der Waals surface area contributed by atoms with Crippen LogP contribution >= 0.6 is 0 Å². The van der Waals surface area contributed by atoms with Gasteiger partial charge in [-0.05, 0) is 38.0 Å². The SMILES string of the molecule is CCC(C)(C(=O)OC1CC2OC1C1CCCC21)C(F)(F)F.CNS(=O)(=O)OC. The highest BCUT2D eigenvalue weighted by Crippen LogP contribution is 2.53. The van der Waals surface area contributed by atoms with Crippen molar-refractivity contribution in [2.45, 2.75) is 70.4 Å². The van der Waals surface area contributed by atoms with Crippen LogP contribution in [-0.4, -0.2) is 53.0 Å². The predicted molar refractivity (Wildman–Crippen MR) is 93.4 cm³/mol. The average molecular weight is 431 g/mol. The van der Waals surface area contributed by atoms with Gasteiger partial charge >= 0.3 is 22.4 Å². The summed E-state index contributed by atoms with van der Waals surface area (Å²) < 4.78 is 76.3. The molecule has 6 unspecified atom stereocenters. The zero-order chi connectivity index (χ0) is 21.3. The second kappa shape index (κ2) is 8.45. The van der Waals surface area contributed by atoms with E-state index in [2.05, 4.69) is 4.18 Å². The molecule has 1 saturated carbocycles. The van der Waals surface area contributed by atoms with E-state index in [1.807, 2.05) is 4.72 Å². The topological polar surface area (TPSA) is 90.9 Å². The van der Waals surface area contributed by atoms with Crippen molar-refractivity contribution in [3.63, 3.8) is 0 Å². The molecule has 3 fully saturated rings. The number of rotatable bonds is 5. The van der Waals surface area contributed by atoms with Gasteiger partial charge in [-0.25, -0.2) is 0 Å². The normalized spacial score (nSPS) is 33.6. The highest BCUT2D eigenvalue weighted by atomic mass is 32.2. The molecule has 3 rings (SSSR count). The molecule has 3 aliphatic rings. The highest BCUT2D eigenvalue weighted by molar-refractivity contribution is 7.84. The maximum absolute atomic E-state index is 13.1. The fraction of sp³-hybridized carbons (Fsp3) is 0.941. The van der Waals surface area contributed by atoms with E-state index in [9.17, 15) is 26.4 Å². The van der Waals surface area contributed by atoms with E-state index in [4.69, 9.17) is 9.47 Å². The maximum Gasteiger partial charge on any atom is 0.404 e. The van der Waals surface area contributed by atoms with Crippen LogP contribution in [0.4, 0.5) is 13.2 Å². The fourth-order valence-corrected chi connectivity index (χ4v) is 4.34. The molecular weight excluding hydrogens is 403 g/mol. The number of hydrogen-bond donors (Lipinski definition) is 1. The van der Waals surface area contributed by atoms with E-state index < -0.39 is 34.0 Å². The summed E-state index contributed by atoms with van der Waals surface area (Å²) >= 11 is 0. The molecule has 28 heavy (non-hydrogen) atoms. The molecule has 2 heterocycles. The van der Waals surface area contributed by atoms with Gasteiger partial charge < -0.3 is 9.47 Å². The maximum atomic E-state index is 13.1. The number of fused-ring (bicyclic) bond motifs is 5. The van der Waals surface area contributed by atoms with Crippen molar-refractivity contribution in [3.05, 3.63) is 0 Å². The Kier molecular flexibility index (Phi) is 7.05. The van der Waals surface area contributed by atoms with Crippen molar-refractivity contribution in [3.8, 4) is 0 Å². The largest absolute Gasteiger partial charge is 0.459 e. The van der Waals surface area contributed by atoms with Crippen molar-refractivity contribution in [1.82, 2.24) is 4.72 Å². The lowest BCUT2D eigenvalue weighted by molar-refractivity contribution is -0.234. The minimum absolute atomic E-state index is 0.0686. The molecule has 1 aliphatic carbocycles. The van der Waals surface area contributed by atoms with Crippen LogP contribution in [0, 0.1) is 17.3 Å². The summed E-state index contributed by atoms with van der Waals surface area (Å²) in [5, 5.41) is 0. The second-order valence-corrected chi connectivity index (χ2v) is 9.24. The zero-order valence-electron chi connectivity index (χ0n) is 16.4. The van der Waals surface area contributed by atoms with Crippen molar-refractivity contribution < 1.29 is 40.0 Å². The summed E-state index contributed by atoms with van der Waals surface area (Å²) in [7, 11) is -1.04. The Hall–Kier alpha value is -0.910. The van der Waals surface area contributed by atoms with Crippen molar-refractivity contribution in [2.75, 3.05) is 14.2 Å². The molecule has 11 heteroatoms. The van der Waals surface area contributed by atoms with Gasteiger partial charge in [-0.1, -0.05) is 13.3 Å². The number of hydrogen-bond acceptors (Lipinski definition) is 6. The molecule has 0 aromatic heterocycles. The molecule has 7 nitrogen and oxygen atoms in total. The molecule has 0 aromatic rings. The third-order valence-electron chi connectivity index (χ3n) is 6.20. The molecule has 6 atom stereocenters. The molecule has 2 aliphatic heterocycles. The molecule has 1 N–H and O–H groups in total. The van der Waals surface area contributed by atoms with Crippen LogP contribution in [0.25, 0.3) is 0 Å². The van der Waals surface area contributed by atoms with Crippen LogP contribution in [0.3, 0.4) is 0 Å². The van der Waals surface area contributed by atoms with Crippen LogP contribution in [0.5, 0.6) is 0 Å². The van der Waals surface area contributed by atoms with E-state index in [-0.39, 0.29) is 18.6 Å². The molecule has 0 amide bonds. The first kappa shape index (κ1) is 23.4. The van der Waals surface area contributed by atoms with E-state index in [0.717, 1.165) is 33.3 Å². The lowest BCUT2D eigenvalue weighted by Gasteiger charge is -2.33. The van der Waals surface area contributed by atoms with Gasteiger partial charge in [0.15, 0.2) is 5.41 Å². The van der Waals surface area contributed by atoms with Crippen LogP contribution in [0.1, 0.15) is 46.0 Å². The van der Waals surface area contributed by atoms with Crippen molar-refractivity contribution in [2.24, 2.45) is 17.3 Å². The summed E-state index contributed by atoms with van der Waals surface area (Å²) in [6.45, 7) is 2.28. The molecule has 2 bridgehead atoms. The molecular formula is C17H28F3NO6S. The van der Waals surface area contributed by atoms with Gasteiger partial charge in [0.2, 0.25) is 0 Å². The van der Waals surface area contributed by atoms with Crippen LogP contribution in [0.15, 0.2) is 0 Å². The molecule has 0 radical (unpaired) electrons. The van der Waals surface area contributed by atoms with Gasteiger partial charge in [-0.15, -0.1) is 0 Å². The Balaban J connectivity index is 0.000000345. The minimum atomic E-state index is -4.59. The van der Waals surface area contributed by atoms with Crippen LogP contribution < -0.4 is 4.72 Å². The lowest BCUT2D eigenvalue weighted by Crippen LogP contribution is -2.46. The van der Waals surface area contributed by atoms with Crippen LogP contribution in [-0.2, 0) is 28.8 Å². The first-order valence-electron chi connectivity index (χ1n) is 9.32. The molecule has 164 valence electrons. The van der Waals surface area contributed by atoms with E-state index in [0.29, 0.717) is 18.3 Å². The van der Waals surface area contributed by atoms with Crippen molar-refractivity contribution >= 4 is 16.3 Å². The third-order valence-corrected chi connectivity index (χ3v) is 7.14. The zero-order valence-corrected chi connectivity index (χ0v) is 17.2. The van der Waals surface area contributed by atoms with E-state index in [1.165, 1.54) is 14.0 Å². The molecule has 2 saturated heterocycles. The van der Waals surface area contributed by atoms with Crippen molar-refractivity contribution in [1.29, 1.82) is 0 Å². The number of alkyl halides is 3. The first-order valence-corrected chi connectivity index (χ1v) is 10.7. The molecule has 0 aromatic carbocycles. The quantitative estimate of drug-likeness (QED) is 0.673. The highest BCUT2D eigenvalue weighted by Gasteiger charge is 2.60. The summed E-state index contributed by atoms with van der Waals surface area (Å²) in [6, 6.07) is 0. The summed E-state index contributed by atoms with van der Waals surface area (Å²) in [5.41, 5.74) is -2.43. The van der Waals surface area contributed by atoms with E-state index >= 15 is 0 Å². The number of carbonyl (C=O) groups is 1. The van der Waals surface area contributed by atoms with Gasteiger partial charge in [0.1, 0.15) is 6.10 Å². The Bertz CT molecular complexity index is 660. The summed E-state index contributed by atoms with van der Waals surface area (Å²) in [6.07, 6.45) is -1.69. The first-order chi connectivity index (χ1) is 12.9. The Morgan fingerprint density at radius 1 is 1.25 bits per heavy atom. The Morgan fingerprint density at radius 3 is 2.32 bits per heavy atom. The lowest BCUT2D eigenvalue weighted by atomic mass is 9.80. The van der Waals surface area contributed by atoms with Crippen LogP contribution in [0.2, 0.25) is 0 Å². The standard InChI is InChI=1S/C15H21F3O3.C2H7NO3S/c1-3-14(2,15(16,17)18)13(19)21-11-7-10-8-5-4-6-9(8)12(11)20-10;1-3-7(4,5)6-2/h8-12H,3-7H2,1-2H3;3H,1-2H3. The fourth-order valence-electron chi connectivity index (χ4n) is 4.17. The second-order valence-electron chi connectivity index (χ2n) is 7.59. The summed E-state index contributed by atoms with van der Waals surface area (Å²) in [5.74, 6) is -0.279. The Labute approximate surface area is 163 Å². The van der Waals surface area contributed by atoms with Gasteiger partial charge in [-0.3, -0.25) is 8.98 Å². The Morgan fingerprint density at radius 2 is 1.86 bits per heavy atom. The predicted octanol–water partition coefficient (Wildman–Crippen LogP) is 2.56. The van der Waals surface area contributed by atoms with Gasteiger partial charge in [0, 0.05) is 13.5 Å². The van der Waals surface area contributed by atoms with Gasteiger partial charge in [0.05, 0.1) is 19.3 Å². The number of carbonyl (C=O) groups excluding carboxylic acids is 1. The number of nitrogens with one attached hydrogen (secondary N) is 1. The summed E-state index contributed by atoms with van der Waals surface area (Å²) in [4.78, 5) is 12.1. The smallest absolute Gasteiger partial charge is 0.404 e. The minimum Gasteiger partial charge on any atom is -0.459 e. The average Bonchev–Trinajstić information content (AvgIpc) is 3.33.